The molecule has 0 heterocycles. The third kappa shape index (κ3) is 4.67. The van der Waals surface area contributed by atoms with Crippen molar-refractivity contribution in [1.29, 1.82) is 0 Å². The van der Waals surface area contributed by atoms with E-state index in [1.807, 2.05) is 12.1 Å². The van der Waals surface area contributed by atoms with E-state index in [9.17, 15) is 8.42 Å². The Kier molecular flexibility index (Phi) is 5.12. The van der Waals surface area contributed by atoms with E-state index in [4.69, 9.17) is 5.14 Å². The normalized spacial score (nSPS) is 11.5. The highest BCUT2D eigenvalue weighted by Gasteiger charge is 2.06. The maximum Gasteiger partial charge on any atom is 0.238 e. The van der Waals surface area contributed by atoms with Gasteiger partial charge in [0.1, 0.15) is 0 Å². The maximum atomic E-state index is 11.2. The van der Waals surface area contributed by atoms with Crippen LogP contribution in [0.5, 0.6) is 0 Å². The first kappa shape index (κ1) is 15.7. The Morgan fingerprint density at radius 2 is 1.71 bits per heavy atom. The van der Waals surface area contributed by atoms with E-state index in [-0.39, 0.29) is 4.90 Å². The number of rotatable bonds is 6. The van der Waals surface area contributed by atoms with Crippen LogP contribution < -0.4 is 10.5 Å². The van der Waals surface area contributed by atoms with Crippen LogP contribution in [0.2, 0.25) is 0 Å². The van der Waals surface area contributed by atoms with E-state index >= 15 is 0 Å². The Bertz CT molecular complexity index is 694. The maximum absolute atomic E-state index is 11.2. The van der Waals surface area contributed by atoms with Gasteiger partial charge in [0.25, 0.3) is 0 Å². The van der Waals surface area contributed by atoms with Crippen molar-refractivity contribution < 1.29 is 8.42 Å². The van der Waals surface area contributed by atoms with Gasteiger partial charge in [-0.05, 0) is 48.7 Å². The molecule has 3 N–H and O–H groups in total. The molecular formula is C16H20N2O2S. The lowest BCUT2D eigenvalue weighted by Gasteiger charge is -2.08. The van der Waals surface area contributed by atoms with Crippen LogP contribution in [0.3, 0.4) is 0 Å². The minimum atomic E-state index is -3.60. The molecule has 0 amide bonds. The van der Waals surface area contributed by atoms with E-state index in [0.717, 1.165) is 25.1 Å². The first-order chi connectivity index (χ1) is 9.97. The average Bonchev–Trinajstić information content (AvgIpc) is 2.45. The number of hydrogen-bond donors (Lipinski definition) is 2. The molecule has 0 aliphatic rings. The van der Waals surface area contributed by atoms with E-state index < -0.39 is 10.0 Å². The molecule has 0 fully saturated rings. The molecule has 0 saturated carbocycles. The van der Waals surface area contributed by atoms with Crippen molar-refractivity contribution in [3.63, 3.8) is 0 Å². The molecule has 0 saturated heterocycles. The second-order valence-corrected chi connectivity index (χ2v) is 6.60. The average molecular weight is 304 g/mol. The van der Waals surface area contributed by atoms with Crippen LogP contribution in [0, 0.1) is 6.92 Å². The van der Waals surface area contributed by atoms with Crippen LogP contribution in [-0.4, -0.2) is 15.0 Å². The number of primary sulfonamides is 1. The minimum absolute atomic E-state index is 0.152. The lowest BCUT2D eigenvalue weighted by molar-refractivity contribution is 0.597. The van der Waals surface area contributed by atoms with Gasteiger partial charge < -0.3 is 5.32 Å². The highest BCUT2D eigenvalue weighted by molar-refractivity contribution is 7.89. The fourth-order valence-corrected chi connectivity index (χ4v) is 2.63. The largest absolute Gasteiger partial charge is 0.312 e. The summed E-state index contributed by atoms with van der Waals surface area (Å²) in [6.45, 7) is 3.77. The van der Waals surface area contributed by atoms with Crippen LogP contribution in [0.4, 0.5) is 0 Å². The molecular weight excluding hydrogens is 284 g/mol. The van der Waals surface area contributed by atoms with Gasteiger partial charge in [-0.2, -0.15) is 0 Å². The molecule has 4 nitrogen and oxygen atoms in total. The Morgan fingerprint density at radius 1 is 1.05 bits per heavy atom. The highest BCUT2D eigenvalue weighted by Crippen LogP contribution is 2.09. The number of aryl methyl sites for hydroxylation is 1. The summed E-state index contributed by atoms with van der Waals surface area (Å²) in [5, 5.41) is 8.46. The SMILES string of the molecule is Cc1ccccc1CNCCc1ccc(S(N)(=O)=O)cc1. The minimum Gasteiger partial charge on any atom is -0.312 e. The lowest BCUT2D eigenvalue weighted by Crippen LogP contribution is -2.17. The van der Waals surface area contributed by atoms with Crippen LogP contribution in [0.1, 0.15) is 16.7 Å². The first-order valence-corrected chi connectivity index (χ1v) is 8.38. The molecule has 2 aromatic carbocycles. The van der Waals surface area contributed by atoms with E-state index in [2.05, 4.69) is 24.4 Å². The predicted octanol–water partition coefficient (Wildman–Crippen LogP) is 1.97. The van der Waals surface area contributed by atoms with Crippen molar-refractivity contribution >= 4 is 10.0 Å². The second-order valence-electron chi connectivity index (χ2n) is 5.04. The Labute approximate surface area is 126 Å². The zero-order valence-corrected chi connectivity index (χ0v) is 12.9. The number of nitrogens with one attached hydrogen (secondary N) is 1. The monoisotopic (exact) mass is 304 g/mol. The first-order valence-electron chi connectivity index (χ1n) is 6.84. The number of benzene rings is 2. The molecule has 112 valence electrons. The zero-order valence-electron chi connectivity index (χ0n) is 12.0. The van der Waals surface area contributed by atoms with Crippen molar-refractivity contribution in [3.8, 4) is 0 Å². The Hall–Kier alpha value is -1.69. The van der Waals surface area contributed by atoms with E-state index in [0.29, 0.717) is 0 Å². The van der Waals surface area contributed by atoms with Crippen LogP contribution in [-0.2, 0) is 23.0 Å². The molecule has 21 heavy (non-hydrogen) atoms. The number of sulfonamides is 1. The van der Waals surface area contributed by atoms with Crippen molar-refractivity contribution in [2.24, 2.45) is 5.14 Å². The standard InChI is InChI=1S/C16H20N2O2S/c1-13-4-2-3-5-15(13)12-18-11-10-14-6-8-16(9-7-14)21(17,19)20/h2-9,18H,10-12H2,1H3,(H2,17,19,20). The van der Waals surface area contributed by atoms with Crippen molar-refractivity contribution in [3.05, 3.63) is 65.2 Å². The summed E-state index contributed by atoms with van der Waals surface area (Å²) < 4.78 is 22.3. The fourth-order valence-electron chi connectivity index (χ4n) is 2.11. The number of hydrogen-bond acceptors (Lipinski definition) is 3. The molecule has 5 heteroatoms. The van der Waals surface area contributed by atoms with Gasteiger partial charge in [0.2, 0.25) is 10.0 Å². The molecule has 0 aromatic heterocycles. The van der Waals surface area contributed by atoms with E-state index in [1.165, 1.54) is 11.1 Å². The molecule has 2 rings (SSSR count). The summed E-state index contributed by atoms with van der Waals surface area (Å²) in [5.74, 6) is 0. The third-order valence-electron chi connectivity index (χ3n) is 3.42. The molecule has 0 unspecified atom stereocenters. The molecule has 0 bridgehead atoms. The van der Waals surface area contributed by atoms with Gasteiger partial charge in [0, 0.05) is 6.54 Å². The van der Waals surface area contributed by atoms with Gasteiger partial charge >= 0.3 is 0 Å². The van der Waals surface area contributed by atoms with Crippen molar-refractivity contribution in [2.45, 2.75) is 24.8 Å². The third-order valence-corrected chi connectivity index (χ3v) is 4.35. The predicted molar refractivity (Wildman–Crippen MR) is 84.4 cm³/mol. The Balaban J connectivity index is 1.83. The molecule has 2 aromatic rings. The summed E-state index contributed by atoms with van der Waals surface area (Å²) in [4.78, 5) is 0.152. The highest BCUT2D eigenvalue weighted by atomic mass is 32.2. The van der Waals surface area contributed by atoms with E-state index in [1.54, 1.807) is 24.3 Å². The van der Waals surface area contributed by atoms with Gasteiger partial charge in [0.05, 0.1) is 4.90 Å². The molecule has 0 radical (unpaired) electrons. The van der Waals surface area contributed by atoms with Crippen molar-refractivity contribution in [1.82, 2.24) is 5.32 Å². The topological polar surface area (TPSA) is 72.2 Å². The summed E-state index contributed by atoms with van der Waals surface area (Å²) >= 11 is 0. The molecule has 0 aliphatic carbocycles. The van der Waals surface area contributed by atoms with Gasteiger partial charge in [-0.3, -0.25) is 0 Å². The fraction of sp³-hybridized carbons (Fsp3) is 0.250. The van der Waals surface area contributed by atoms with Crippen LogP contribution in [0.15, 0.2) is 53.4 Å². The van der Waals surface area contributed by atoms with Gasteiger partial charge in [-0.25, -0.2) is 13.6 Å². The van der Waals surface area contributed by atoms with Gasteiger partial charge in [0.15, 0.2) is 0 Å². The molecule has 0 aliphatic heterocycles. The lowest BCUT2D eigenvalue weighted by atomic mass is 10.1. The summed E-state index contributed by atoms with van der Waals surface area (Å²) in [7, 11) is -3.60. The smallest absolute Gasteiger partial charge is 0.238 e. The quantitative estimate of drug-likeness (QED) is 0.802. The summed E-state index contributed by atoms with van der Waals surface area (Å²) in [6.07, 6.45) is 0.844. The van der Waals surface area contributed by atoms with Crippen LogP contribution in [0.25, 0.3) is 0 Å². The summed E-state index contributed by atoms with van der Waals surface area (Å²) in [5.41, 5.74) is 3.66. The van der Waals surface area contributed by atoms with Crippen molar-refractivity contribution in [2.75, 3.05) is 6.54 Å². The zero-order chi connectivity index (χ0) is 15.3. The summed E-state index contributed by atoms with van der Waals surface area (Å²) in [6, 6.07) is 15.0. The Morgan fingerprint density at radius 3 is 2.33 bits per heavy atom. The number of nitrogens with two attached hydrogens (primary N) is 1. The molecule has 0 atom stereocenters. The van der Waals surface area contributed by atoms with Gasteiger partial charge in [-0.15, -0.1) is 0 Å². The van der Waals surface area contributed by atoms with Gasteiger partial charge in [-0.1, -0.05) is 36.4 Å². The second kappa shape index (κ2) is 6.85. The van der Waals surface area contributed by atoms with Crippen LogP contribution >= 0.6 is 0 Å². The molecule has 0 spiro atoms.